The fourth-order valence-corrected chi connectivity index (χ4v) is 6.38. The maximum Gasteiger partial charge on any atom is 0.243 e. The minimum atomic E-state index is -0.736. The summed E-state index contributed by atoms with van der Waals surface area (Å²) in [6.07, 6.45) is 4.69. The predicted molar refractivity (Wildman–Crippen MR) is 171 cm³/mol. The van der Waals surface area contributed by atoms with Gasteiger partial charge in [0.2, 0.25) is 11.8 Å². The maximum atomic E-state index is 14.6. The summed E-state index contributed by atoms with van der Waals surface area (Å²) in [5.41, 5.74) is 3.71. The van der Waals surface area contributed by atoms with E-state index in [4.69, 9.17) is 23.2 Å². The van der Waals surface area contributed by atoms with E-state index in [1.807, 2.05) is 66.7 Å². The molecule has 42 heavy (non-hydrogen) atoms. The Balaban J connectivity index is 1.54. The Morgan fingerprint density at radius 2 is 1.26 bits per heavy atom. The van der Waals surface area contributed by atoms with Crippen LogP contribution in [0.25, 0.3) is 0 Å². The number of nitrogens with one attached hydrogen (secondary N) is 1. The third-order valence-electron chi connectivity index (χ3n) is 8.15. The summed E-state index contributed by atoms with van der Waals surface area (Å²) in [5.74, 6) is -0.455. The van der Waals surface area contributed by atoms with Gasteiger partial charge in [-0.15, -0.1) is 0 Å². The molecule has 1 fully saturated rings. The van der Waals surface area contributed by atoms with Crippen molar-refractivity contribution in [1.82, 2.24) is 10.2 Å². The highest BCUT2D eigenvalue weighted by Crippen LogP contribution is 2.32. The standard InChI is InChI=1S/C36H36Cl2N2O2/c37-32-21-12-22-33(38)31(32)25-40(34(23-26-13-4-1-5-14-26)36(42)39-29-19-10-11-20-29)35(41)24-30(27-15-6-2-7-16-27)28-17-8-3-9-18-28/h1-9,12-18,21-22,29-30,34H,10-11,19-20,23-25H2,(H,39,42). The zero-order valence-electron chi connectivity index (χ0n) is 23.6. The van der Waals surface area contributed by atoms with Crippen molar-refractivity contribution in [2.45, 2.75) is 63.1 Å². The molecule has 0 radical (unpaired) electrons. The molecule has 2 amide bonds. The number of nitrogens with zero attached hydrogens (tertiary/aromatic N) is 1. The van der Waals surface area contributed by atoms with E-state index in [1.54, 1.807) is 23.1 Å². The highest BCUT2D eigenvalue weighted by molar-refractivity contribution is 6.36. The Hall–Kier alpha value is -3.60. The average molecular weight is 600 g/mol. The third kappa shape index (κ3) is 7.61. The van der Waals surface area contributed by atoms with Crippen LogP contribution in [0, 0.1) is 0 Å². The van der Waals surface area contributed by atoms with Crippen LogP contribution in [-0.4, -0.2) is 28.8 Å². The molecule has 0 spiro atoms. The Labute approximate surface area is 258 Å². The normalized spacial score (nSPS) is 14.1. The molecule has 0 bridgehead atoms. The molecule has 1 aliphatic rings. The lowest BCUT2D eigenvalue weighted by molar-refractivity contribution is -0.141. The minimum absolute atomic E-state index is 0.123. The molecule has 0 saturated heterocycles. The summed E-state index contributed by atoms with van der Waals surface area (Å²) < 4.78 is 0. The van der Waals surface area contributed by atoms with Crippen LogP contribution in [0.15, 0.2) is 109 Å². The summed E-state index contributed by atoms with van der Waals surface area (Å²) in [7, 11) is 0. The van der Waals surface area contributed by atoms with E-state index in [9.17, 15) is 9.59 Å². The minimum Gasteiger partial charge on any atom is -0.352 e. The van der Waals surface area contributed by atoms with E-state index in [0.29, 0.717) is 22.0 Å². The molecule has 1 aliphatic carbocycles. The quantitative estimate of drug-likeness (QED) is 0.189. The van der Waals surface area contributed by atoms with Crippen LogP contribution in [0.4, 0.5) is 0 Å². The van der Waals surface area contributed by atoms with E-state index in [1.165, 1.54) is 0 Å². The predicted octanol–water partition coefficient (Wildman–Crippen LogP) is 8.21. The summed E-state index contributed by atoms with van der Waals surface area (Å²) in [5, 5.41) is 4.21. The summed E-state index contributed by atoms with van der Waals surface area (Å²) in [6, 6.07) is 34.7. The van der Waals surface area contributed by atoms with Crippen molar-refractivity contribution in [2.24, 2.45) is 0 Å². The van der Waals surface area contributed by atoms with Gasteiger partial charge >= 0.3 is 0 Å². The molecule has 4 aromatic rings. The van der Waals surface area contributed by atoms with Crippen LogP contribution in [0.3, 0.4) is 0 Å². The van der Waals surface area contributed by atoms with Gasteiger partial charge in [0.15, 0.2) is 0 Å². The van der Waals surface area contributed by atoms with E-state index in [-0.39, 0.29) is 36.7 Å². The molecule has 6 heteroatoms. The molecule has 4 aromatic carbocycles. The first-order valence-electron chi connectivity index (χ1n) is 14.7. The number of rotatable bonds is 11. The van der Waals surface area contributed by atoms with Crippen LogP contribution in [0.2, 0.25) is 10.0 Å². The number of carbonyl (C=O) groups excluding carboxylic acids is 2. The Kier molecular flexibility index (Phi) is 10.3. The van der Waals surface area contributed by atoms with Crippen molar-refractivity contribution in [3.63, 3.8) is 0 Å². The SMILES string of the molecule is O=C(NC1CCCC1)C(Cc1ccccc1)N(Cc1c(Cl)cccc1Cl)C(=O)CC(c1ccccc1)c1ccccc1. The summed E-state index contributed by atoms with van der Waals surface area (Å²) in [4.78, 5) is 30.3. The van der Waals surface area contributed by atoms with Gasteiger partial charge in [0.05, 0.1) is 0 Å². The van der Waals surface area contributed by atoms with Crippen molar-refractivity contribution in [3.05, 3.63) is 141 Å². The molecule has 1 N–H and O–H groups in total. The van der Waals surface area contributed by atoms with Gasteiger partial charge in [0.25, 0.3) is 0 Å². The van der Waals surface area contributed by atoms with Crippen molar-refractivity contribution in [3.8, 4) is 0 Å². The first-order valence-corrected chi connectivity index (χ1v) is 15.4. The first-order chi connectivity index (χ1) is 20.5. The van der Waals surface area contributed by atoms with Crippen molar-refractivity contribution < 1.29 is 9.59 Å². The first kappa shape index (κ1) is 29.9. The van der Waals surface area contributed by atoms with E-state index >= 15 is 0 Å². The molecule has 0 aliphatic heterocycles. The van der Waals surface area contributed by atoms with Crippen LogP contribution in [0.5, 0.6) is 0 Å². The van der Waals surface area contributed by atoms with Crippen LogP contribution in [0.1, 0.15) is 60.3 Å². The molecular weight excluding hydrogens is 563 g/mol. The molecule has 4 nitrogen and oxygen atoms in total. The van der Waals surface area contributed by atoms with Gasteiger partial charge in [-0.25, -0.2) is 0 Å². The monoisotopic (exact) mass is 598 g/mol. The van der Waals surface area contributed by atoms with E-state index in [0.717, 1.165) is 42.4 Å². The van der Waals surface area contributed by atoms with Crippen molar-refractivity contribution in [1.29, 1.82) is 0 Å². The number of carbonyl (C=O) groups is 2. The van der Waals surface area contributed by atoms with Crippen molar-refractivity contribution >= 4 is 35.0 Å². The Morgan fingerprint density at radius 1 is 0.738 bits per heavy atom. The molecule has 1 saturated carbocycles. The summed E-state index contributed by atoms with van der Waals surface area (Å²) >= 11 is 13.3. The van der Waals surface area contributed by atoms with Crippen LogP contribution >= 0.6 is 23.2 Å². The molecule has 0 heterocycles. The molecule has 1 atom stereocenters. The topological polar surface area (TPSA) is 49.4 Å². The van der Waals surface area contributed by atoms with Crippen molar-refractivity contribution in [2.75, 3.05) is 0 Å². The second kappa shape index (κ2) is 14.5. The van der Waals surface area contributed by atoms with Crippen LogP contribution < -0.4 is 5.32 Å². The lowest BCUT2D eigenvalue weighted by atomic mass is 9.87. The number of halogens is 2. The summed E-state index contributed by atoms with van der Waals surface area (Å²) in [6.45, 7) is 0.128. The smallest absolute Gasteiger partial charge is 0.243 e. The molecule has 5 rings (SSSR count). The second-order valence-corrected chi connectivity index (χ2v) is 11.8. The van der Waals surface area contributed by atoms with Crippen LogP contribution in [-0.2, 0) is 22.6 Å². The van der Waals surface area contributed by atoms with Gasteiger partial charge in [0.1, 0.15) is 6.04 Å². The molecule has 216 valence electrons. The number of amides is 2. The lowest BCUT2D eigenvalue weighted by Crippen LogP contribution is -2.52. The second-order valence-electron chi connectivity index (χ2n) is 11.0. The number of hydrogen-bond donors (Lipinski definition) is 1. The highest BCUT2D eigenvalue weighted by atomic mass is 35.5. The molecule has 1 unspecified atom stereocenters. The largest absolute Gasteiger partial charge is 0.352 e. The maximum absolute atomic E-state index is 14.6. The fourth-order valence-electron chi connectivity index (χ4n) is 5.87. The van der Waals surface area contributed by atoms with Gasteiger partial charge in [-0.1, -0.05) is 133 Å². The average Bonchev–Trinajstić information content (AvgIpc) is 3.53. The molecule has 0 aromatic heterocycles. The highest BCUT2D eigenvalue weighted by Gasteiger charge is 2.34. The van der Waals surface area contributed by atoms with E-state index in [2.05, 4.69) is 29.6 Å². The van der Waals surface area contributed by atoms with Gasteiger partial charge in [-0.3, -0.25) is 9.59 Å². The Morgan fingerprint density at radius 3 is 1.81 bits per heavy atom. The zero-order valence-corrected chi connectivity index (χ0v) is 25.1. The van der Waals surface area contributed by atoms with Gasteiger partial charge in [0, 0.05) is 47.0 Å². The van der Waals surface area contributed by atoms with Gasteiger partial charge in [-0.2, -0.15) is 0 Å². The third-order valence-corrected chi connectivity index (χ3v) is 8.85. The van der Waals surface area contributed by atoms with E-state index < -0.39 is 6.04 Å². The molecular formula is C36H36Cl2N2O2. The van der Waals surface area contributed by atoms with Gasteiger partial charge in [-0.05, 0) is 41.7 Å². The van der Waals surface area contributed by atoms with Gasteiger partial charge < -0.3 is 10.2 Å². The Bertz CT molecular complexity index is 1400. The fraction of sp³-hybridized carbons (Fsp3) is 0.278. The zero-order chi connectivity index (χ0) is 29.3. The number of benzene rings is 4. The number of hydrogen-bond acceptors (Lipinski definition) is 2. The lowest BCUT2D eigenvalue weighted by Gasteiger charge is -2.34.